The van der Waals surface area contributed by atoms with Crippen LogP contribution in [0.4, 0.5) is 5.69 Å². The average molecular weight is 441 g/mol. The summed E-state index contributed by atoms with van der Waals surface area (Å²) in [6.07, 6.45) is 0. The number of hydrogen-bond donors (Lipinski definition) is 0. The minimum absolute atomic E-state index is 0.0501. The van der Waals surface area contributed by atoms with Crippen LogP contribution in [-0.4, -0.2) is 42.3 Å². The van der Waals surface area contributed by atoms with Crippen molar-refractivity contribution in [3.63, 3.8) is 0 Å². The van der Waals surface area contributed by atoms with Crippen molar-refractivity contribution in [2.45, 2.75) is 11.3 Å². The molecule has 1 amide bonds. The molecule has 0 saturated carbocycles. The second kappa shape index (κ2) is 7.13. The molecule has 2 heterocycles. The summed E-state index contributed by atoms with van der Waals surface area (Å²) in [5, 5.41) is 1.00. The lowest BCUT2D eigenvalue weighted by atomic mass is 10.2. The monoisotopic (exact) mass is 440 g/mol. The Kier molecular flexibility index (Phi) is 4.96. The van der Waals surface area contributed by atoms with Gasteiger partial charge in [0.2, 0.25) is 0 Å². The molecule has 2 aliphatic heterocycles. The Hall–Kier alpha value is -1.54. The number of carbonyl (C=O) groups excluding carboxylic acids is 1. The zero-order valence-corrected chi connectivity index (χ0v) is 17.0. The number of sulfone groups is 1. The highest BCUT2D eigenvalue weighted by Crippen LogP contribution is 2.41. The van der Waals surface area contributed by atoms with Crippen LogP contribution >= 0.6 is 35.0 Å². The Balaban J connectivity index is 1.72. The predicted molar refractivity (Wildman–Crippen MR) is 111 cm³/mol. The van der Waals surface area contributed by atoms with Gasteiger partial charge in [0, 0.05) is 16.0 Å². The molecule has 4 rings (SSSR count). The van der Waals surface area contributed by atoms with Crippen LogP contribution in [0.15, 0.2) is 53.5 Å². The highest BCUT2D eigenvalue weighted by molar-refractivity contribution is 8.16. The molecule has 2 saturated heterocycles. The number of aliphatic imine (C=N–C) groups is 1. The lowest BCUT2D eigenvalue weighted by molar-refractivity contribution is 0.100. The van der Waals surface area contributed by atoms with Crippen molar-refractivity contribution in [3.8, 4) is 0 Å². The van der Waals surface area contributed by atoms with Gasteiger partial charge in [-0.05, 0) is 30.3 Å². The summed E-state index contributed by atoms with van der Waals surface area (Å²) in [6, 6.07) is 13.7. The molecule has 2 aliphatic rings. The van der Waals surface area contributed by atoms with Gasteiger partial charge in [-0.1, -0.05) is 53.2 Å². The number of carbonyl (C=O) groups is 1. The van der Waals surface area contributed by atoms with Crippen molar-refractivity contribution < 1.29 is 13.2 Å². The van der Waals surface area contributed by atoms with Gasteiger partial charge in [-0.2, -0.15) is 4.99 Å². The third-order valence-corrected chi connectivity index (χ3v) is 8.22. The fourth-order valence-electron chi connectivity index (χ4n) is 3.27. The van der Waals surface area contributed by atoms with Crippen LogP contribution in [-0.2, 0) is 9.84 Å². The van der Waals surface area contributed by atoms with E-state index in [0.717, 1.165) is 5.69 Å². The van der Waals surface area contributed by atoms with Crippen LogP contribution in [0.3, 0.4) is 0 Å². The first-order valence-corrected chi connectivity index (χ1v) is 11.6. The number of amides is 1. The zero-order valence-electron chi connectivity index (χ0n) is 13.9. The van der Waals surface area contributed by atoms with Crippen LogP contribution in [0.2, 0.25) is 10.0 Å². The molecule has 0 N–H and O–H groups in total. The van der Waals surface area contributed by atoms with Crippen molar-refractivity contribution in [2.24, 2.45) is 4.99 Å². The van der Waals surface area contributed by atoms with Gasteiger partial charge in [0.15, 0.2) is 15.0 Å². The van der Waals surface area contributed by atoms with E-state index < -0.39 is 15.7 Å². The molecule has 0 spiro atoms. The van der Waals surface area contributed by atoms with E-state index in [0.29, 0.717) is 10.2 Å². The van der Waals surface area contributed by atoms with Gasteiger partial charge < -0.3 is 4.90 Å². The summed E-state index contributed by atoms with van der Waals surface area (Å²) in [6.45, 7) is 0. The van der Waals surface area contributed by atoms with E-state index >= 15 is 0 Å². The van der Waals surface area contributed by atoms with E-state index in [1.807, 2.05) is 35.2 Å². The van der Waals surface area contributed by atoms with Crippen LogP contribution in [0, 0.1) is 0 Å². The molecule has 0 aromatic heterocycles. The van der Waals surface area contributed by atoms with Gasteiger partial charge >= 0.3 is 0 Å². The number of halogens is 2. The van der Waals surface area contributed by atoms with Crippen LogP contribution in [0.5, 0.6) is 0 Å². The maximum absolute atomic E-state index is 12.7. The molecule has 5 nitrogen and oxygen atoms in total. The second-order valence-electron chi connectivity index (χ2n) is 6.33. The third kappa shape index (κ3) is 3.74. The lowest BCUT2D eigenvalue weighted by Gasteiger charge is -2.24. The van der Waals surface area contributed by atoms with E-state index in [9.17, 15) is 13.2 Å². The minimum atomic E-state index is -3.10. The summed E-state index contributed by atoms with van der Waals surface area (Å²) in [5.41, 5.74) is 1.07. The molecular formula is C18H14Cl2N2O3S2. The number of para-hydroxylation sites is 1. The van der Waals surface area contributed by atoms with Gasteiger partial charge in [0.25, 0.3) is 5.91 Å². The van der Waals surface area contributed by atoms with Crippen LogP contribution in [0.1, 0.15) is 10.4 Å². The lowest BCUT2D eigenvalue weighted by Crippen LogP contribution is -2.37. The van der Waals surface area contributed by atoms with Crippen molar-refractivity contribution in [1.29, 1.82) is 0 Å². The normalized spacial score (nSPS) is 25.0. The number of amidine groups is 1. The molecule has 0 unspecified atom stereocenters. The van der Waals surface area contributed by atoms with Crippen molar-refractivity contribution in [2.75, 3.05) is 16.4 Å². The van der Waals surface area contributed by atoms with Crippen LogP contribution < -0.4 is 4.90 Å². The molecule has 2 fully saturated rings. The molecule has 140 valence electrons. The van der Waals surface area contributed by atoms with E-state index in [4.69, 9.17) is 23.2 Å². The Bertz CT molecular complexity index is 1040. The van der Waals surface area contributed by atoms with Gasteiger partial charge in [0.05, 0.1) is 28.1 Å². The molecule has 27 heavy (non-hydrogen) atoms. The number of nitrogens with zero attached hydrogens (tertiary/aromatic N) is 2. The van der Waals surface area contributed by atoms with E-state index in [2.05, 4.69) is 4.99 Å². The molecule has 0 bridgehead atoms. The summed E-state index contributed by atoms with van der Waals surface area (Å²) in [4.78, 5) is 18.8. The summed E-state index contributed by atoms with van der Waals surface area (Å²) < 4.78 is 24.1. The molecule has 2 atom stereocenters. The van der Waals surface area contributed by atoms with E-state index in [1.54, 1.807) is 6.07 Å². The highest BCUT2D eigenvalue weighted by atomic mass is 35.5. The number of fused-ring (bicyclic) bond motifs is 1. The molecule has 9 heteroatoms. The fourth-order valence-corrected chi connectivity index (χ4v) is 7.67. The molecular weight excluding hydrogens is 427 g/mol. The van der Waals surface area contributed by atoms with Crippen LogP contribution in [0.25, 0.3) is 0 Å². The number of thioether (sulfide) groups is 1. The van der Waals surface area contributed by atoms with Crippen molar-refractivity contribution >= 4 is 61.6 Å². The third-order valence-electron chi connectivity index (χ3n) is 4.46. The Morgan fingerprint density at radius 2 is 1.85 bits per heavy atom. The largest absolute Gasteiger partial charge is 0.316 e. The first-order valence-electron chi connectivity index (χ1n) is 8.13. The van der Waals surface area contributed by atoms with E-state index in [-0.39, 0.29) is 33.4 Å². The van der Waals surface area contributed by atoms with Gasteiger partial charge in [-0.3, -0.25) is 4.79 Å². The van der Waals surface area contributed by atoms with Gasteiger partial charge in [-0.15, -0.1) is 0 Å². The summed E-state index contributed by atoms with van der Waals surface area (Å²) in [7, 11) is -3.10. The van der Waals surface area contributed by atoms with E-state index in [1.165, 1.54) is 23.9 Å². The molecule has 2 aromatic rings. The summed E-state index contributed by atoms with van der Waals surface area (Å²) in [5.74, 6) is -0.349. The Morgan fingerprint density at radius 3 is 2.56 bits per heavy atom. The number of benzene rings is 2. The first-order chi connectivity index (χ1) is 12.8. The van der Waals surface area contributed by atoms with Gasteiger partial charge in [0.1, 0.15) is 0 Å². The zero-order chi connectivity index (χ0) is 19.2. The Morgan fingerprint density at radius 1 is 1.11 bits per heavy atom. The number of hydrogen-bond acceptors (Lipinski definition) is 4. The standard InChI is InChI=1S/C18H14Cl2N2O3S2/c19-11-6-7-13(14(20)8-11)17(23)21-18-22(12-4-2-1-3-5-12)15-9-27(24,25)10-16(15)26-18/h1-8,15-16H,9-10H2/t15-,16-/m0/s1. The minimum Gasteiger partial charge on any atom is -0.316 e. The molecule has 0 radical (unpaired) electrons. The van der Waals surface area contributed by atoms with Gasteiger partial charge in [-0.25, -0.2) is 8.42 Å². The summed E-state index contributed by atoms with van der Waals surface area (Å²) >= 11 is 13.3. The fraction of sp³-hybridized carbons (Fsp3) is 0.222. The molecule has 2 aromatic carbocycles. The maximum atomic E-state index is 12.7. The maximum Gasteiger partial charge on any atom is 0.280 e. The quantitative estimate of drug-likeness (QED) is 0.707. The highest BCUT2D eigenvalue weighted by Gasteiger charge is 2.49. The second-order valence-corrected chi connectivity index (χ2v) is 10.5. The Labute approximate surface area is 171 Å². The van der Waals surface area contributed by atoms with Crippen molar-refractivity contribution in [3.05, 3.63) is 64.1 Å². The SMILES string of the molecule is O=C(N=C1S[C@H]2CS(=O)(=O)C[C@@H]2N1c1ccccc1)c1ccc(Cl)cc1Cl. The average Bonchev–Trinajstić information content (AvgIpc) is 3.06. The first kappa shape index (κ1) is 18.8. The number of rotatable bonds is 2. The van der Waals surface area contributed by atoms with Crippen molar-refractivity contribution in [1.82, 2.24) is 0 Å². The molecule has 0 aliphatic carbocycles. The topological polar surface area (TPSA) is 66.8 Å². The predicted octanol–water partition coefficient (Wildman–Crippen LogP) is 3.91. The number of anilines is 1. The smallest absolute Gasteiger partial charge is 0.280 e.